The molecule has 0 aliphatic carbocycles. The van der Waals surface area contributed by atoms with Crippen molar-refractivity contribution in [2.75, 3.05) is 0 Å². The van der Waals surface area contributed by atoms with Crippen LogP contribution in [-0.2, 0) is 0 Å². The van der Waals surface area contributed by atoms with E-state index in [0.29, 0.717) is 10.0 Å². The summed E-state index contributed by atoms with van der Waals surface area (Å²) in [6.45, 7) is 0. The van der Waals surface area contributed by atoms with E-state index in [4.69, 9.17) is 10.4 Å². The first kappa shape index (κ1) is 8.24. The smallest absolute Gasteiger partial charge is 0.347 e. The standard InChI is InChI=1S/C6H2BrNO2S/c7-4-3(1-8)2-11-5(4)6(9)10/h2H,(H,9,10). The number of carboxylic acids is 1. The SMILES string of the molecule is N#Cc1csc(C(=O)O)c1Br. The van der Waals surface area contributed by atoms with Crippen molar-refractivity contribution in [3.63, 3.8) is 0 Å². The van der Waals surface area contributed by atoms with Gasteiger partial charge in [0.25, 0.3) is 0 Å². The number of hydrogen-bond donors (Lipinski definition) is 1. The molecule has 0 bridgehead atoms. The zero-order valence-electron chi connectivity index (χ0n) is 5.17. The van der Waals surface area contributed by atoms with Crippen LogP contribution in [0.1, 0.15) is 15.2 Å². The van der Waals surface area contributed by atoms with Gasteiger partial charge >= 0.3 is 5.97 Å². The second-order valence-electron chi connectivity index (χ2n) is 1.71. The Morgan fingerprint density at radius 3 is 2.73 bits per heavy atom. The van der Waals surface area contributed by atoms with Crippen LogP contribution in [0.25, 0.3) is 0 Å². The minimum atomic E-state index is -1.01. The Kier molecular flexibility index (Phi) is 2.27. The van der Waals surface area contributed by atoms with Crippen LogP contribution in [0, 0.1) is 11.3 Å². The fraction of sp³-hybridized carbons (Fsp3) is 0. The van der Waals surface area contributed by atoms with E-state index in [2.05, 4.69) is 15.9 Å². The molecule has 1 N–H and O–H groups in total. The number of carboxylic acid groups (broad SMARTS) is 1. The van der Waals surface area contributed by atoms with Crippen molar-refractivity contribution in [3.8, 4) is 6.07 Å². The molecule has 1 rings (SSSR count). The Balaban J connectivity index is 3.24. The molecular weight excluding hydrogens is 230 g/mol. The predicted molar refractivity (Wildman–Crippen MR) is 43.7 cm³/mol. The number of aromatic carboxylic acids is 1. The first-order valence-electron chi connectivity index (χ1n) is 2.57. The largest absolute Gasteiger partial charge is 0.477 e. The number of nitrogens with zero attached hydrogens (tertiary/aromatic N) is 1. The maximum Gasteiger partial charge on any atom is 0.347 e. The predicted octanol–water partition coefficient (Wildman–Crippen LogP) is 2.08. The number of rotatable bonds is 1. The van der Waals surface area contributed by atoms with Gasteiger partial charge in [-0.05, 0) is 15.9 Å². The summed E-state index contributed by atoms with van der Waals surface area (Å²) in [5, 5.41) is 18.5. The zero-order valence-corrected chi connectivity index (χ0v) is 7.57. The van der Waals surface area contributed by atoms with E-state index in [9.17, 15) is 4.79 Å². The number of hydrogen-bond acceptors (Lipinski definition) is 3. The lowest BCUT2D eigenvalue weighted by atomic mass is 10.3. The van der Waals surface area contributed by atoms with E-state index < -0.39 is 5.97 Å². The molecular formula is C6H2BrNO2S. The maximum atomic E-state index is 10.4. The number of thiophene rings is 1. The number of carbonyl (C=O) groups is 1. The van der Waals surface area contributed by atoms with Crippen molar-refractivity contribution in [3.05, 3.63) is 20.3 Å². The van der Waals surface area contributed by atoms with Crippen molar-refractivity contribution in [2.45, 2.75) is 0 Å². The summed E-state index contributed by atoms with van der Waals surface area (Å²) in [4.78, 5) is 10.6. The van der Waals surface area contributed by atoms with Gasteiger partial charge in [-0.2, -0.15) is 5.26 Å². The molecule has 11 heavy (non-hydrogen) atoms. The van der Waals surface area contributed by atoms with Crippen molar-refractivity contribution >= 4 is 33.2 Å². The molecule has 0 atom stereocenters. The van der Waals surface area contributed by atoms with E-state index in [-0.39, 0.29) is 4.88 Å². The molecule has 0 aliphatic heterocycles. The molecule has 1 aromatic heterocycles. The minimum absolute atomic E-state index is 0.168. The third-order valence-electron chi connectivity index (χ3n) is 1.05. The maximum absolute atomic E-state index is 10.4. The molecule has 56 valence electrons. The van der Waals surface area contributed by atoms with Crippen LogP contribution < -0.4 is 0 Å². The van der Waals surface area contributed by atoms with Crippen LogP contribution in [0.15, 0.2) is 9.85 Å². The van der Waals surface area contributed by atoms with Crippen LogP contribution in [-0.4, -0.2) is 11.1 Å². The first-order chi connectivity index (χ1) is 5.16. The van der Waals surface area contributed by atoms with Gasteiger partial charge in [0.05, 0.1) is 10.0 Å². The third kappa shape index (κ3) is 1.42. The highest BCUT2D eigenvalue weighted by Gasteiger charge is 2.13. The summed E-state index contributed by atoms with van der Waals surface area (Å²) < 4.78 is 0.373. The number of nitriles is 1. The van der Waals surface area contributed by atoms with Crippen LogP contribution in [0.2, 0.25) is 0 Å². The lowest BCUT2D eigenvalue weighted by Gasteiger charge is -1.86. The summed E-state index contributed by atoms with van der Waals surface area (Å²) in [5.41, 5.74) is 0.368. The van der Waals surface area contributed by atoms with Gasteiger partial charge in [-0.3, -0.25) is 0 Å². The Morgan fingerprint density at radius 1 is 1.82 bits per heavy atom. The van der Waals surface area contributed by atoms with Crippen LogP contribution in [0.3, 0.4) is 0 Å². The average Bonchev–Trinajstić information content (AvgIpc) is 2.30. The molecule has 5 heteroatoms. The Hall–Kier alpha value is -0.860. The second-order valence-corrected chi connectivity index (χ2v) is 3.38. The van der Waals surface area contributed by atoms with Gasteiger partial charge in [0.1, 0.15) is 10.9 Å². The number of halogens is 1. The van der Waals surface area contributed by atoms with Gasteiger partial charge in [0.2, 0.25) is 0 Å². The van der Waals surface area contributed by atoms with Crippen molar-refractivity contribution in [2.24, 2.45) is 0 Å². The van der Waals surface area contributed by atoms with E-state index in [1.54, 1.807) is 0 Å². The molecule has 3 nitrogen and oxygen atoms in total. The summed E-state index contributed by atoms with van der Waals surface area (Å²) in [7, 11) is 0. The molecule has 0 saturated heterocycles. The van der Waals surface area contributed by atoms with E-state index >= 15 is 0 Å². The summed E-state index contributed by atoms with van der Waals surface area (Å²) >= 11 is 4.06. The van der Waals surface area contributed by atoms with Gasteiger partial charge < -0.3 is 5.11 Å². The summed E-state index contributed by atoms with van der Waals surface area (Å²) in [6, 6.07) is 1.87. The third-order valence-corrected chi connectivity index (χ3v) is 3.10. The molecule has 1 aromatic rings. The topological polar surface area (TPSA) is 61.1 Å². The highest BCUT2D eigenvalue weighted by atomic mass is 79.9. The van der Waals surface area contributed by atoms with Crippen molar-refractivity contribution in [1.82, 2.24) is 0 Å². The lowest BCUT2D eigenvalue weighted by Crippen LogP contribution is -1.92. The molecule has 0 spiro atoms. The Labute approximate surface area is 75.0 Å². The molecule has 0 radical (unpaired) electrons. The van der Waals surface area contributed by atoms with E-state index in [0.717, 1.165) is 11.3 Å². The van der Waals surface area contributed by atoms with E-state index in [1.165, 1.54) is 5.38 Å². The molecule has 0 unspecified atom stereocenters. The summed E-state index contributed by atoms with van der Waals surface area (Å²) in [5.74, 6) is -1.01. The van der Waals surface area contributed by atoms with E-state index in [1.807, 2.05) is 6.07 Å². The quantitative estimate of drug-likeness (QED) is 0.806. The molecule has 1 heterocycles. The summed E-state index contributed by atoms with van der Waals surface area (Å²) in [6.07, 6.45) is 0. The minimum Gasteiger partial charge on any atom is -0.477 e. The van der Waals surface area contributed by atoms with Crippen LogP contribution in [0.4, 0.5) is 0 Å². The molecule has 0 fully saturated rings. The first-order valence-corrected chi connectivity index (χ1v) is 4.24. The van der Waals surface area contributed by atoms with Crippen molar-refractivity contribution in [1.29, 1.82) is 5.26 Å². The van der Waals surface area contributed by atoms with Gasteiger partial charge in [-0.1, -0.05) is 0 Å². The van der Waals surface area contributed by atoms with Gasteiger partial charge in [0.15, 0.2) is 0 Å². The van der Waals surface area contributed by atoms with Gasteiger partial charge in [-0.15, -0.1) is 11.3 Å². The average molecular weight is 232 g/mol. The highest BCUT2D eigenvalue weighted by molar-refractivity contribution is 9.10. The van der Waals surface area contributed by atoms with Gasteiger partial charge in [-0.25, -0.2) is 4.79 Å². The second kappa shape index (κ2) is 3.03. The molecule has 0 aliphatic rings. The Bertz CT molecular complexity index is 339. The lowest BCUT2D eigenvalue weighted by molar-refractivity contribution is 0.0701. The van der Waals surface area contributed by atoms with Crippen molar-refractivity contribution < 1.29 is 9.90 Å². The highest BCUT2D eigenvalue weighted by Crippen LogP contribution is 2.27. The Morgan fingerprint density at radius 2 is 2.45 bits per heavy atom. The molecule has 0 amide bonds. The van der Waals surface area contributed by atoms with Crippen LogP contribution in [0.5, 0.6) is 0 Å². The molecule has 0 saturated carbocycles. The zero-order chi connectivity index (χ0) is 8.43. The van der Waals surface area contributed by atoms with Crippen LogP contribution >= 0.6 is 27.3 Å². The fourth-order valence-corrected chi connectivity index (χ4v) is 2.09. The monoisotopic (exact) mass is 231 g/mol. The molecule has 0 aromatic carbocycles. The fourth-order valence-electron chi connectivity index (χ4n) is 0.563. The van der Waals surface area contributed by atoms with Gasteiger partial charge in [0, 0.05) is 5.38 Å². The normalized spacial score (nSPS) is 9.09.